The molecule has 5 nitrogen and oxygen atoms in total. The Morgan fingerprint density at radius 3 is 2.38 bits per heavy atom. The lowest BCUT2D eigenvalue weighted by Crippen LogP contribution is -2.33. The molecule has 1 unspecified atom stereocenters. The summed E-state index contributed by atoms with van der Waals surface area (Å²) in [6.07, 6.45) is 0. The van der Waals surface area contributed by atoms with Crippen molar-refractivity contribution < 1.29 is 14.2 Å². The zero-order valence-corrected chi connectivity index (χ0v) is 14.8. The third kappa shape index (κ3) is 4.85. The van der Waals surface area contributed by atoms with Gasteiger partial charge < -0.3 is 19.9 Å². The highest BCUT2D eigenvalue weighted by Crippen LogP contribution is 2.37. The zero-order valence-electron chi connectivity index (χ0n) is 13.2. The van der Waals surface area contributed by atoms with Crippen molar-refractivity contribution in [2.75, 3.05) is 47.6 Å². The van der Waals surface area contributed by atoms with E-state index in [1.807, 2.05) is 26.1 Å². The summed E-state index contributed by atoms with van der Waals surface area (Å²) in [5, 5.41) is 0. The van der Waals surface area contributed by atoms with Crippen LogP contribution < -0.4 is 15.2 Å². The number of benzene rings is 1. The van der Waals surface area contributed by atoms with Gasteiger partial charge in [-0.1, -0.05) is 15.9 Å². The first-order valence-electron chi connectivity index (χ1n) is 6.98. The average molecular weight is 361 g/mol. The van der Waals surface area contributed by atoms with E-state index in [0.29, 0.717) is 24.7 Å². The second kappa shape index (κ2) is 9.25. The number of ether oxygens (including phenoxy) is 3. The van der Waals surface area contributed by atoms with Crippen molar-refractivity contribution >= 4 is 15.9 Å². The summed E-state index contributed by atoms with van der Waals surface area (Å²) >= 11 is 3.59. The largest absolute Gasteiger partial charge is 0.493 e. The highest BCUT2D eigenvalue weighted by molar-refractivity contribution is 9.10. The average Bonchev–Trinajstić information content (AvgIpc) is 2.49. The molecule has 1 aromatic carbocycles. The number of hydrogen-bond acceptors (Lipinski definition) is 5. The number of nitrogens with zero attached hydrogens (tertiary/aromatic N) is 1. The first kappa shape index (κ1) is 18.2. The highest BCUT2D eigenvalue weighted by Gasteiger charge is 2.20. The van der Waals surface area contributed by atoms with E-state index in [-0.39, 0.29) is 6.04 Å². The molecule has 0 aromatic heterocycles. The second-order valence-electron chi connectivity index (χ2n) is 4.66. The number of methoxy groups -OCH3 is 2. The number of hydrogen-bond donors (Lipinski definition) is 1. The molecule has 1 rings (SSSR count). The Labute approximate surface area is 135 Å². The third-order valence-corrected chi connectivity index (χ3v) is 4.10. The molecule has 0 saturated heterocycles. The van der Waals surface area contributed by atoms with Crippen molar-refractivity contribution in [3.63, 3.8) is 0 Å². The van der Waals surface area contributed by atoms with Gasteiger partial charge >= 0.3 is 0 Å². The lowest BCUT2D eigenvalue weighted by molar-refractivity contribution is 0.108. The lowest BCUT2D eigenvalue weighted by atomic mass is 10.0. The first-order valence-corrected chi connectivity index (χ1v) is 7.77. The SMILES string of the molecule is CCOCCN(C)C(CN)c1cc(OC)c(OC)cc1Br. The third-order valence-electron chi connectivity index (χ3n) is 3.41. The Morgan fingerprint density at radius 2 is 1.86 bits per heavy atom. The normalized spacial score (nSPS) is 12.5. The standard InChI is InChI=1S/C15H25BrN2O3/c1-5-21-7-6-18(2)13(10-17)11-8-14(19-3)15(20-4)9-12(11)16/h8-9,13H,5-7,10,17H2,1-4H3. The molecule has 0 bridgehead atoms. The fraction of sp³-hybridized carbons (Fsp3) is 0.600. The summed E-state index contributed by atoms with van der Waals surface area (Å²) in [7, 11) is 5.30. The van der Waals surface area contributed by atoms with Crippen LogP contribution in [-0.4, -0.2) is 52.5 Å². The predicted octanol–water partition coefficient (Wildman–Crippen LogP) is 2.43. The van der Waals surface area contributed by atoms with Crippen molar-refractivity contribution in [1.82, 2.24) is 4.90 Å². The molecule has 0 aliphatic rings. The lowest BCUT2D eigenvalue weighted by Gasteiger charge is -2.28. The van der Waals surface area contributed by atoms with Gasteiger partial charge in [-0.25, -0.2) is 0 Å². The van der Waals surface area contributed by atoms with Crippen LogP contribution in [0.25, 0.3) is 0 Å². The van der Waals surface area contributed by atoms with Gasteiger partial charge in [0.1, 0.15) is 0 Å². The van der Waals surface area contributed by atoms with Crippen LogP contribution in [0.15, 0.2) is 16.6 Å². The molecule has 0 fully saturated rings. The molecular formula is C15H25BrN2O3. The molecule has 2 N–H and O–H groups in total. The second-order valence-corrected chi connectivity index (χ2v) is 5.51. The van der Waals surface area contributed by atoms with Crippen LogP contribution in [0.3, 0.4) is 0 Å². The molecule has 0 aliphatic heterocycles. The minimum Gasteiger partial charge on any atom is -0.493 e. The smallest absolute Gasteiger partial charge is 0.161 e. The van der Waals surface area contributed by atoms with Crippen LogP contribution in [0.5, 0.6) is 11.5 Å². The van der Waals surface area contributed by atoms with Gasteiger partial charge in [0.05, 0.1) is 20.8 Å². The van der Waals surface area contributed by atoms with Crippen LogP contribution in [0.2, 0.25) is 0 Å². The van der Waals surface area contributed by atoms with E-state index in [2.05, 4.69) is 20.8 Å². The van der Waals surface area contributed by atoms with Crippen molar-refractivity contribution in [2.24, 2.45) is 5.73 Å². The van der Waals surface area contributed by atoms with Crippen molar-refractivity contribution in [2.45, 2.75) is 13.0 Å². The summed E-state index contributed by atoms with van der Waals surface area (Å²) in [6, 6.07) is 3.96. The van der Waals surface area contributed by atoms with Gasteiger partial charge in [0.15, 0.2) is 11.5 Å². The fourth-order valence-corrected chi connectivity index (χ4v) is 2.76. The van der Waals surface area contributed by atoms with Crippen LogP contribution in [-0.2, 0) is 4.74 Å². The van der Waals surface area contributed by atoms with Crippen molar-refractivity contribution in [3.05, 3.63) is 22.2 Å². The Hall–Kier alpha value is -0.820. The minimum atomic E-state index is 0.0830. The first-order chi connectivity index (χ1) is 10.1. The Kier molecular flexibility index (Phi) is 8.03. The number of halogens is 1. The quantitative estimate of drug-likeness (QED) is 0.685. The molecule has 6 heteroatoms. The molecule has 0 amide bonds. The molecule has 0 aliphatic carbocycles. The van der Waals surface area contributed by atoms with E-state index in [1.54, 1.807) is 14.2 Å². The van der Waals surface area contributed by atoms with E-state index in [9.17, 15) is 0 Å². The summed E-state index contributed by atoms with van der Waals surface area (Å²) in [5.41, 5.74) is 7.04. The highest BCUT2D eigenvalue weighted by atomic mass is 79.9. The van der Waals surface area contributed by atoms with E-state index in [0.717, 1.165) is 23.2 Å². The Balaban J connectivity index is 2.99. The van der Waals surface area contributed by atoms with E-state index in [4.69, 9.17) is 19.9 Å². The monoisotopic (exact) mass is 360 g/mol. The van der Waals surface area contributed by atoms with E-state index >= 15 is 0 Å². The maximum atomic E-state index is 5.97. The van der Waals surface area contributed by atoms with Gasteiger partial charge in [0.25, 0.3) is 0 Å². The van der Waals surface area contributed by atoms with Crippen LogP contribution in [0.1, 0.15) is 18.5 Å². The van der Waals surface area contributed by atoms with Crippen LogP contribution in [0, 0.1) is 0 Å². The number of rotatable bonds is 9. The van der Waals surface area contributed by atoms with Crippen molar-refractivity contribution in [1.29, 1.82) is 0 Å². The topological polar surface area (TPSA) is 57.0 Å². The van der Waals surface area contributed by atoms with Gasteiger partial charge in [-0.15, -0.1) is 0 Å². The molecule has 120 valence electrons. The Bertz CT molecular complexity index is 443. The molecule has 21 heavy (non-hydrogen) atoms. The van der Waals surface area contributed by atoms with Crippen LogP contribution >= 0.6 is 15.9 Å². The summed E-state index contributed by atoms with van der Waals surface area (Å²) in [4.78, 5) is 2.18. The maximum Gasteiger partial charge on any atom is 0.161 e. The summed E-state index contributed by atoms with van der Waals surface area (Å²) in [5.74, 6) is 1.40. The van der Waals surface area contributed by atoms with Gasteiger partial charge in [-0.05, 0) is 31.7 Å². The maximum absolute atomic E-state index is 5.97. The predicted molar refractivity (Wildman–Crippen MR) is 88.2 cm³/mol. The van der Waals surface area contributed by atoms with Crippen LogP contribution in [0.4, 0.5) is 0 Å². The summed E-state index contributed by atoms with van der Waals surface area (Å²) < 4.78 is 17.0. The fourth-order valence-electron chi connectivity index (χ4n) is 2.18. The zero-order chi connectivity index (χ0) is 15.8. The van der Waals surface area contributed by atoms with Gasteiger partial charge in [-0.3, -0.25) is 4.90 Å². The summed E-state index contributed by atoms with van der Waals surface area (Å²) in [6.45, 7) is 4.73. The van der Waals surface area contributed by atoms with E-state index < -0.39 is 0 Å². The molecule has 1 aromatic rings. The number of nitrogens with two attached hydrogens (primary N) is 1. The van der Waals surface area contributed by atoms with Gasteiger partial charge in [0, 0.05) is 30.2 Å². The van der Waals surface area contributed by atoms with E-state index in [1.165, 1.54) is 0 Å². The van der Waals surface area contributed by atoms with Crippen molar-refractivity contribution in [3.8, 4) is 11.5 Å². The van der Waals surface area contributed by atoms with Gasteiger partial charge in [-0.2, -0.15) is 0 Å². The molecule has 1 atom stereocenters. The molecule has 0 heterocycles. The van der Waals surface area contributed by atoms with Gasteiger partial charge in [0.2, 0.25) is 0 Å². The molecular weight excluding hydrogens is 336 g/mol. The molecule has 0 radical (unpaired) electrons. The number of likely N-dealkylation sites (N-methyl/N-ethyl adjacent to an activating group) is 1. The molecule has 0 saturated carbocycles. The minimum absolute atomic E-state index is 0.0830. The Morgan fingerprint density at radius 1 is 1.24 bits per heavy atom. The molecule has 0 spiro atoms.